The number of likely N-dealkylation sites (N-methyl/N-ethyl adjacent to an activating group) is 1. The lowest BCUT2D eigenvalue weighted by molar-refractivity contribution is 0.530. The average Bonchev–Trinajstić information content (AvgIpc) is 2.82. The number of thioether (sulfide) groups is 1. The smallest absolute Gasteiger partial charge is 0.209 e. The molecular weight excluding hydrogens is 270 g/mol. The van der Waals surface area contributed by atoms with E-state index in [9.17, 15) is 0 Å². The van der Waals surface area contributed by atoms with E-state index in [1.54, 1.807) is 11.8 Å². The highest BCUT2D eigenvalue weighted by molar-refractivity contribution is 7.98. The summed E-state index contributed by atoms with van der Waals surface area (Å²) in [5.41, 5.74) is 5.37. The molecule has 0 spiro atoms. The largest absolute Gasteiger partial charge is 0.318 e. The summed E-state index contributed by atoms with van der Waals surface area (Å²) < 4.78 is 1.85. The first-order valence-electron chi connectivity index (χ1n) is 6.72. The highest BCUT2D eigenvalue weighted by Gasteiger charge is 2.09. The average molecular weight is 291 g/mol. The number of rotatable bonds is 6. The second-order valence-electron chi connectivity index (χ2n) is 4.95. The molecule has 108 valence electrons. The molecule has 1 aromatic carbocycles. The Labute approximate surface area is 124 Å². The van der Waals surface area contributed by atoms with Gasteiger partial charge in [-0.2, -0.15) is 0 Å². The molecule has 2 rings (SSSR count). The standard InChI is InChI=1S/C14H21N5S/c1-10-7-11(2)13(12(3)8-10)9-20-14-16-17-18-19(14)6-5-15-4/h7-8,15H,5-6,9H2,1-4H3. The fourth-order valence-electron chi connectivity index (χ4n) is 2.23. The Balaban J connectivity index is 2.07. The first-order chi connectivity index (χ1) is 9.61. The predicted octanol–water partition coefficient (Wildman–Crippen LogP) is 2.11. The summed E-state index contributed by atoms with van der Waals surface area (Å²) in [5.74, 6) is 0.901. The number of nitrogens with zero attached hydrogens (tertiary/aromatic N) is 4. The minimum Gasteiger partial charge on any atom is -0.318 e. The summed E-state index contributed by atoms with van der Waals surface area (Å²) >= 11 is 1.69. The number of aryl methyl sites for hydroxylation is 3. The molecule has 0 amide bonds. The van der Waals surface area contributed by atoms with Gasteiger partial charge in [-0.05, 0) is 54.9 Å². The first-order valence-corrected chi connectivity index (χ1v) is 7.70. The Morgan fingerprint density at radius 1 is 1.20 bits per heavy atom. The highest BCUT2D eigenvalue weighted by Crippen LogP contribution is 2.25. The van der Waals surface area contributed by atoms with Crippen LogP contribution in [0.25, 0.3) is 0 Å². The fourth-order valence-corrected chi connectivity index (χ4v) is 3.33. The number of hydrogen-bond donors (Lipinski definition) is 1. The van der Waals surface area contributed by atoms with Crippen LogP contribution in [0.2, 0.25) is 0 Å². The van der Waals surface area contributed by atoms with Crippen molar-refractivity contribution in [2.45, 2.75) is 38.2 Å². The lowest BCUT2D eigenvalue weighted by Crippen LogP contribution is -2.16. The van der Waals surface area contributed by atoms with Gasteiger partial charge in [-0.15, -0.1) is 5.10 Å². The maximum Gasteiger partial charge on any atom is 0.209 e. The summed E-state index contributed by atoms with van der Waals surface area (Å²) in [6, 6.07) is 4.46. The molecular formula is C14H21N5S. The Morgan fingerprint density at radius 2 is 1.90 bits per heavy atom. The Bertz CT molecular complexity index is 556. The summed E-state index contributed by atoms with van der Waals surface area (Å²) in [6.07, 6.45) is 0. The van der Waals surface area contributed by atoms with Crippen LogP contribution in [0.1, 0.15) is 22.3 Å². The molecule has 0 fully saturated rings. The molecule has 0 saturated carbocycles. The number of nitrogens with one attached hydrogen (secondary N) is 1. The van der Waals surface area contributed by atoms with Crippen molar-refractivity contribution in [2.24, 2.45) is 0 Å². The van der Waals surface area contributed by atoms with Gasteiger partial charge < -0.3 is 5.32 Å². The lowest BCUT2D eigenvalue weighted by atomic mass is 10.0. The lowest BCUT2D eigenvalue weighted by Gasteiger charge is -2.10. The zero-order valence-electron chi connectivity index (χ0n) is 12.5. The van der Waals surface area contributed by atoms with Crippen molar-refractivity contribution in [1.82, 2.24) is 25.5 Å². The first kappa shape index (κ1) is 15.0. The Morgan fingerprint density at radius 3 is 2.55 bits per heavy atom. The van der Waals surface area contributed by atoms with E-state index in [2.05, 4.69) is 53.7 Å². The van der Waals surface area contributed by atoms with Crippen molar-refractivity contribution in [3.8, 4) is 0 Å². The van der Waals surface area contributed by atoms with E-state index in [4.69, 9.17) is 0 Å². The van der Waals surface area contributed by atoms with E-state index in [-0.39, 0.29) is 0 Å². The minimum atomic E-state index is 0.789. The van der Waals surface area contributed by atoms with Crippen molar-refractivity contribution in [3.05, 3.63) is 34.4 Å². The highest BCUT2D eigenvalue weighted by atomic mass is 32.2. The number of aromatic nitrogens is 4. The van der Waals surface area contributed by atoms with Crippen LogP contribution in [-0.2, 0) is 12.3 Å². The molecule has 0 bridgehead atoms. The molecule has 1 aromatic heterocycles. The van der Waals surface area contributed by atoms with Crippen LogP contribution in [0.4, 0.5) is 0 Å². The van der Waals surface area contributed by atoms with Crippen LogP contribution >= 0.6 is 11.8 Å². The van der Waals surface area contributed by atoms with Gasteiger partial charge in [-0.25, -0.2) is 4.68 Å². The number of benzene rings is 1. The van der Waals surface area contributed by atoms with Crippen molar-refractivity contribution < 1.29 is 0 Å². The predicted molar refractivity (Wildman–Crippen MR) is 82.0 cm³/mol. The molecule has 0 aliphatic heterocycles. The van der Waals surface area contributed by atoms with E-state index in [1.165, 1.54) is 22.3 Å². The molecule has 0 radical (unpaired) electrons. The van der Waals surface area contributed by atoms with E-state index < -0.39 is 0 Å². The van der Waals surface area contributed by atoms with Crippen LogP contribution in [0.5, 0.6) is 0 Å². The summed E-state index contributed by atoms with van der Waals surface area (Å²) in [5, 5.41) is 15.9. The monoisotopic (exact) mass is 291 g/mol. The van der Waals surface area contributed by atoms with E-state index in [1.807, 2.05) is 11.7 Å². The van der Waals surface area contributed by atoms with Crippen LogP contribution in [0.15, 0.2) is 17.3 Å². The quantitative estimate of drug-likeness (QED) is 0.826. The molecule has 0 atom stereocenters. The fraction of sp³-hybridized carbons (Fsp3) is 0.500. The van der Waals surface area contributed by atoms with Gasteiger partial charge in [0.25, 0.3) is 0 Å². The second-order valence-corrected chi connectivity index (χ2v) is 5.90. The molecule has 6 heteroatoms. The molecule has 1 N–H and O–H groups in total. The zero-order valence-corrected chi connectivity index (χ0v) is 13.3. The zero-order chi connectivity index (χ0) is 14.5. The normalized spacial score (nSPS) is 11.0. The van der Waals surface area contributed by atoms with Gasteiger partial charge >= 0.3 is 0 Å². The third-order valence-corrected chi connectivity index (χ3v) is 4.24. The minimum absolute atomic E-state index is 0.789. The van der Waals surface area contributed by atoms with Crippen LogP contribution in [-0.4, -0.2) is 33.8 Å². The number of tetrazole rings is 1. The molecule has 0 aliphatic rings. The molecule has 2 aromatic rings. The van der Waals surface area contributed by atoms with Gasteiger partial charge in [0, 0.05) is 12.3 Å². The van der Waals surface area contributed by atoms with Crippen molar-refractivity contribution >= 4 is 11.8 Å². The molecule has 5 nitrogen and oxygen atoms in total. The van der Waals surface area contributed by atoms with Gasteiger partial charge in [0.1, 0.15) is 0 Å². The summed E-state index contributed by atoms with van der Waals surface area (Å²) in [7, 11) is 1.93. The van der Waals surface area contributed by atoms with Gasteiger partial charge in [-0.1, -0.05) is 29.5 Å². The SMILES string of the molecule is CNCCn1nnnc1SCc1c(C)cc(C)cc1C. The van der Waals surface area contributed by atoms with Crippen LogP contribution in [0.3, 0.4) is 0 Å². The maximum absolute atomic E-state index is 4.10. The van der Waals surface area contributed by atoms with Crippen molar-refractivity contribution in [2.75, 3.05) is 13.6 Å². The van der Waals surface area contributed by atoms with E-state index >= 15 is 0 Å². The summed E-state index contributed by atoms with van der Waals surface area (Å²) in [4.78, 5) is 0. The van der Waals surface area contributed by atoms with Crippen molar-refractivity contribution in [1.29, 1.82) is 0 Å². The van der Waals surface area contributed by atoms with Crippen LogP contribution < -0.4 is 5.32 Å². The van der Waals surface area contributed by atoms with Gasteiger partial charge in [0.15, 0.2) is 0 Å². The topological polar surface area (TPSA) is 55.6 Å². The number of hydrogen-bond acceptors (Lipinski definition) is 5. The molecule has 1 heterocycles. The van der Waals surface area contributed by atoms with Crippen molar-refractivity contribution in [3.63, 3.8) is 0 Å². The van der Waals surface area contributed by atoms with E-state index in [0.717, 1.165) is 24.0 Å². The third kappa shape index (κ3) is 3.58. The molecule has 0 saturated heterocycles. The molecule has 0 aliphatic carbocycles. The van der Waals surface area contributed by atoms with Gasteiger partial charge in [-0.3, -0.25) is 0 Å². The third-order valence-electron chi connectivity index (χ3n) is 3.26. The van der Waals surface area contributed by atoms with Gasteiger partial charge in [0.05, 0.1) is 6.54 Å². The Hall–Kier alpha value is -1.40. The Kier molecular flexibility index (Phi) is 5.14. The molecule has 20 heavy (non-hydrogen) atoms. The molecule has 0 unspecified atom stereocenters. The van der Waals surface area contributed by atoms with Crippen LogP contribution in [0, 0.1) is 20.8 Å². The summed E-state index contributed by atoms with van der Waals surface area (Å²) in [6.45, 7) is 8.12. The van der Waals surface area contributed by atoms with Gasteiger partial charge in [0.2, 0.25) is 5.16 Å². The van der Waals surface area contributed by atoms with E-state index in [0.29, 0.717) is 0 Å². The maximum atomic E-state index is 4.10. The second kappa shape index (κ2) is 6.85.